The Bertz CT molecular complexity index is 128. The Morgan fingerprint density at radius 1 is 1.09 bits per heavy atom. The highest BCUT2D eigenvalue weighted by Gasteiger charge is 2.38. The van der Waals surface area contributed by atoms with Gasteiger partial charge in [-0.15, -0.1) is 0 Å². The van der Waals surface area contributed by atoms with Gasteiger partial charge >= 0.3 is 0 Å². The molecule has 5 N–H and O–H groups in total. The molecule has 0 spiro atoms. The van der Waals surface area contributed by atoms with E-state index in [0.717, 1.165) is 0 Å². The van der Waals surface area contributed by atoms with Crippen LogP contribution in [0.1, 0.15) is 13.3 Å². The van der Waals surface area contributed by atoms with E-state index < -0.39 is 24.4 Å². The molecule has 0 amide bonds. The molecule has 3 unspecified atom stereocenters. The summed E-state index contributed by atoms with van der Waals surface area (Å²) in [6.45, 7) is 1.81. The van der Waals surface area contributed by atoms with Gasteiger partial charge in [0.15, 0.2) is 0 Å². The summed E-state index contributed by atoms with van der Waals surface area (Å²) in [5, 5.41) is 27.7. The lowest BCUT2D eigenvalue weighted by atomic mass is 9.81. The lowest BCUT2D eigenvalue weighted by Gasteiger charge is -2.37. The van der Waals surface area contributed by atoms with Crippen molar-refractivity contribution in [2.24, 2.45) is 11.7 Å². The zero-order valence-electron chi connectivity index (χ0n) is 6.51. The van der Waals surface area contributed by atoms with Gasteiger partial charge in [-0.1, -0.05) is 6.92 Å². The van der Waals surface area contributed by atoms with E-state index in [0.29, 0.717) is 6.42 Å². The van der Waals surface area contributed by atoms with Gasteiger partial charge in [-0.2, -0.15) is 0 Å². The van der Waals surface area contributed by atoms with Crippen LogP contribution in [0.15, 0.2) is 0 Å². The molecular weight excluding hydrogens is 146 g/mol. The summed E-state index contributed by atoms with van der Waals surface area (Å²) in [6.07, 6.45) is -2.36. The average Bonchev–Trinajstić information content (AvgIpc) is 1.97. The van der Waals surface area contributed by atoms with E-state index >= 15 is 0 Å². The monoisotopic (exact) mass is 161 g/mol. The molecule has 1 fully saturated rings. The van der Waals surface area contributed by atoms with Crippen molar-refractivity contribution in [3.63, 3.8) is 0 Å². The summed E-state index contributed by atoms with van der Waals surface area (Å²) in [5.41, 5.74) is 5.50. The van der Waals surface area contributed by atoms with Crippen LogP contribution < -0.4 is 5.73 Å². The number of hydrogen-bond acceptors (Lipinski definition) is 4. The minimum Gasteiger partial charge on any atom is -0.390 e. The molecule has 0 aromatic carbocycles. The van der Waals surface area contributed by atoms with Crippen LogP contribution in [0.5, 0.6) is 0 Å². The Kier molecular flexibility index (Phi) is 2.49. The van der Waals surface area contributed by atoms with Crippen LogP contribution in [0.3, 0.4) is 0 Å². The number of rotatable bonds is 0. The van der Waals surface area contributed by atoms with E-state index in [4.69, 9.17) is 5.73 Å². The first-order valence-electron chi connectivity index (χ1n) is 3.84. The smallest absolute Gasteiger partial charge is 0.107 e. The largest absolute Gasteiger partial charge is 0.390 e. The third kappa shape index (κ3) is 1.54. The lowest BCUT2D eigenvalue weighted by Crippen LogP contribution is -2.55. The molecule has 4 nitrogen and oxygen atoms in total. The maximum absolute atomic E-state index is 9.27. The summed E-state index contributed by atoms with van der Waals surface area (Å²) >= 11 is 0. The lowest BCUT2D eigenvalue weighted by molar-refractivity contribution is -0.114. The van der Waals surface area contributed by atoms with Gasteiger partial charge in [-0.05, 0) is 12.3 Å². The van der Waals surface area contributed by atoms with Crippen molar-refractivity contribution in [2.45, 2.75) is 37.7 Å². The van der Waals surface area contributed by atoms with E-state index in [1.807, 2.05) is 0 Å². The fourth-order valence-corrected chi connectivity index (χ4v) is 1.50. The first-order chi connectivity index (χ1) is 5.04. The van der Waals surface area contributed by atoms with Crippen LogP contribution in [0.2, 0.25) is 0 Å². The summed E-state index contributed by atoms with van der Waals surface area (Å²) in [4.78, 5) is 0. The molecule has 0 aliphatic heterocycles. The molecule has 0 bridgehead atoms. The van der Waals surface area contributed by atoms with Crippen LogP contribution in [0.25, 0.3) is 0 Å². The molecule has 0 heterocycles. The number of hydrogen-bond donors (Lipinski definition) is 4. The van der Waals surface area contributed by atoms with Crippen LogP contribution in [0.4, 0.5) is 0 Å². The fraction of sp³-hybridized carbons (Fsp3) is 1.00. The van der Waals surface area contributed by atoms with Crippen molar-refractivity contribution in [1.82, 2.24) is 0 Å². The normalized spacial score (nSPS) is 52.6. The second-order valence-electron chi connectivity index (χ2n) is 3.35. The highest BCUT2D eigenvalue weighted by atomic mass is 16.4. The standard InChI is InChI=1S/C7H15NO3/c1-3-2-4(8)6(10)7(11)5(3)9/h3-7,9-11H,2,8H2,1H3/t3?,4?,5?,6-,7-/m1/s1. The van der Waals surface area contributed by atoms with Gasteiger partial charge in [0.05, 0.1) is 12.2 Å². The summed E-state index contributed by atoms with van der Waals surface area (Å²) in [7, 11) is 0. The molecule has 66 valence electrons. The second kappa shape index (κ2) is 3.06. The zero-order valence-corrected chi connectivity index (χ0v) is 6.51. The van der Waals surface area contributed by atoms with Crippen molar-refractivity contribution in [2.75, 3.05) is 0 Å². The van der Waals surface area contributed by atoms with Crippen LogP contribution >= 0.6 is 0 Å². The maximum Gasteiger partial charge on any atom is 0.107 e. The van der Waals surface area contributed by atoms with E-state index in [2.05, 4.69) is 0 Å². The summed E-state index contributed by atoms with van der Waals surface area (Å²) < 4.78 is 0. The molecule has 1 aliphatic carbocycles. The molecular formula is C7H15NO3. The molecule has 1 saturated carbocycles. The van der Waals surface area contributed by atoms with Crippen molar-refractivity contribution in [3.8, 4) is 0 Å². The minimum atomic E-state index is -1.09. The Morgan fingerprint density at radius 2 is 1.64 bits per heavy atom. The van der Waals surface area contributed by atoms with E-state index in [9.17, 15) is 15.3 Å². The van der Waals surface area contributed by atoms with Crippen LogP contribution in [-0.4, -0.2) is 39.7 Å². The minimum absolute atomic E-state index is 0.0385. The van der Waals surface area contributed by atoms with Crippen molar-refractivity contribution in [3.05, 3.63) is 0 Å². The van der Waals surface area contributed by atoms with Crippen molar-refractivity contribution < 1.29 is 15.3 Å². The van der Waals surface area contributed by atoms with Crippen molar-refractivity contribution in [1.29, 1.82) is 0 Å². The van der Waals surface area contributed by atoms with Gasteiger partial charge in [0.1, 0.15) is 6.10 Å². The molecule has 0 radical (unpaired) electrons. The molecule has 1 aliphatic rings. The third-order valence-corrected chi connectivity index (χ3v) is 2.37. The second-order valence-corrected chi connectivity index (χ2v) is 3.35. The van der Waals surface area contributed by atoms with Gasteiger partial charge in [-0.3, -0.25) is 0 Å². The highest BCUT2D eigenvalue weighted by Crippen LogP contribution is 2.23. The molecule has 11 heavy (non-hydrogen) atoms. The van der Waals surface area contributed by atoms with Gasteiger partial charge in [0, 0.05) is 6.04 Å². The Labute approximate surface area is 65.6 Å². The van der Waals surface area contributed by atoms with Gasteiger partial charge in [0.25, 0.3) is 0 Å². The Morgan fingerprint density at radius 3 is 2.18 bits per heavy atom. The predicted octanol–water partition coefficient (Wildman–Crippen LogP) is -1.56. The molecule has 0 saturated heterocycles. The van der Waals surface area contributed by atoms with Gasteiger partial charge < -0.3 is 21.1 Å². The first-order valence-corrected chi connectivity index (χ1v) is 3.84. The van der Waals surface area contributed by atoms with Crippen LogP contribution in [-0.2, 0) is 0 Å². The maximum atomic E-state index is 9.27. The van der Waals surface area contributed by atoms with Crippen molar-refractivity contribution >= 4 is 0 Å². The Hall–Kier alpha value is -0.160. The fourth-order valence-electron chi connectivity index (χ4n) is 1.50. The zero-order chi connectivity index (χ0) is 8.59. The first kappa shape index (κ1) is 8.93. The number of aliphatic hydroxyl groups excluding tert-OH is 3. The highest BCUT2D eigenvalue weighted by molar-refractivity contribution is 4.92. The molecule has 5 atom stereocenters. The summed E-state index contributed by atoms with van der Waals surface area (Å²) in [6, 6.07) is -0.414. The molecule has 0 aromatic heterocycles. The topological polar surface area (TPSA) is 86.7 Å². The van der Waals surface area contributed by atoms with E-state index in [-0.39, 0.29) is 5.92 Å². The molecule has 1 rings (SSSR count). The van der Waals surface area contributed by atoms with E-state index in [1.165, 1.54) is 0 Å². The molecule has 0 aromatic rings. The van der Waals surface area contributed by atoms with Gasteiger partial charge in [-0.25, -0.2) is 0 Å². The molecule has 4 heteroatoms. The number of nitrogens with two attached hydrogens (primary N) is 1. The van der Waals surface area contributed by atoms with Gasteiger partial charge in [0.2, 0.25) is 0 Å². The third-order valence-electron chi connectivity index (χ3n) is 2.37. The Balaban J connectivity index is 2.63. The number of aliphatic hydroxyl groups is 3. The predicted molar refractivity (Wildman–Crippen MR) is 39.8 cm³/mol. The van der Waals surface area contributed by atoms with E-state index in [1.54, 1.807) is 6.92 Å². The van der Waals surface area contributed by atoms with Crippen LogP contribution in [0, 0.1) is 5.92 Å². The average molecular weight is 161 g/mol. The summed E-state index contributed by atoms with van der Waals surface area (Å²) in [5.74, 6) is -0.0385. The quantitative estimate of drug-likeness (QED) is 0.346. The SMILES string of the molecule is CC1CC(N)[C@@H](O)[C@H](O)C1O.